The molecule has 0 aromatic heterocycles. The number of carbonyl (C=O) groups is 2. The number of esters is 1. The summed E-state index contributed by atoms with van der Waals surface area (Å²) in [5.41, 5.74) is 4.94. The Bertz CT molecular complexity index is 1670. The highest BCUT2D eigenvalue weighted by Gasteiger charge is 2.16. The monoisotopic (exact) mass is 488 g/mol. The third-order valence-corrected chi connectivity index (χ3v) is 6.10. The second-order valence-electron chi connectivity index (χ2n) is 8.52. The number of hydrogen-bond acceptors (Lipinski definition) is 5. The van der Waals surface area contributed by atoms with E-state index in [-0.39, 0.29) is 0 Å². The summed E-state index contributed by atoms with van der Waals surface area (Å²) >= 11 is 0. The van der Waals surface area contributed by atoms with Gasteiger partial charge < -0.3 is 9.47 Å². The van der Waals surface area contributed by atoms with Crippen LogP contribution in [0.1, 0.15) is 31.8 Å². The molecule has 0 saturated heterocycles. The molecule has 0 radical (unpaired) electrons. The fourth-order valence-corrected chi connectivity index (χ4v) is 4.26. The predicted molar refractivity (Wildman–Crippen MR) is 146 cm³/mol. The van der Waals surface area contributed by atoms with Crippen molar-refractivity contribution in [3.8, 4) is 11.5 Å². The predicted octanol–water partition coefficient (Wildman–Crippen LogP) is 6.29. The Morgan fingerprint density at radius 3 is 2.24 bits per heavy atom. The van der Waals surface area contributed by atoms with Crippen LogP contribution in [0.25, 0.3) is 21.5 Å². The molecule has 0 heterocycles. The van der Waals surface area contributed by atoms with Crippen LogP contribution in [0.4, 0.5) is 0 Å². The van der Waals surface area contributed by atoms with Gasteiger partial charge in [-0.3, -0.25) is 4.79 Å². The average molecular weight is 489 g/mol. The van der Waals surface area contributed by atoms with Gasteiger partial charge in [0.15, 0.2) is 0 Å². The van der Waals surface area contributed by atoms with Crippen molar-refractivity contribution in [3.63, 3.8) is 0 Å². The molecule has 1 N–H and O–H groups in total. The summed E-state index contributed by atoms with van der Waals surface area (Å²) in [6.45, 7) is 1.92. The van der Waals surface area contributed by atoms with Crippen LogP contribution in [0, 0.1) is 6.92 Å². The van der Waals surface area contributed by atoms with E-state index in [1.807, 2.05) is 79.7 Å². The fraction of sp³-hybridized carbons (Fsp3) is 0.0645. The zero-order valence-corrected chi connectivity index (χ0v) is 20.4. The van der Waals surface area contributed by atoms with E-state index in [0.717, 1.165) is 27.1 Å². The summed E-state index contributed by atoms with van der Waals surface area (Å²) in [7, 11) is 1.52. The van der Waals surface area contributed by atoms with E-state index < -0.39 is 11.9 Å². The van der Waals surface area contributed by atoms with Crippen molar-refractivity contribution < 1.29 is 19.1 Å². The van der Waals surface area contributed by atoms with E-state index in [2.05, 4.69) is 10.5 Å². The number of aryl methyl sites for hydroxylation is 1. The summed E-state index contributed by atoms with van der Waals surface area (Å²) in [5.74, 6) is -0.0945. The van der Waals surface area contributed by atoms with Crippen molar-refractivity contribution in [1.29, 1.82) is 0 Å². The molecule has 37 heavy (non-hydrogen) atoms. The van der Waals surface area contributed by atoms with Gasteiger partial charge in [0.1, 0.15) is 11.5 Å². The Kier molecular flexibility index (Phi) is 6.64. The van der Waals surface area contributed by atoms with Gasteiger partial charge in [-0.15, -0.1) is 0 Å². The van der Waals surface area contributed by atoms with Crippen molar-refractivity contribution >= 4 is 39.6 Å². The van der Waals surface area contributed by atoms with Gasteiger partial charge in [0.2, 0.25) is 0 Å². The molecule has 5 aromatic rings. The van der Waals surface area contributed by atoms with Gasteiger partial charge in [0, 0.05) is 5.56 Å². The first kappa shape index (κ1) is 23.8. The maximum absolute atomic E-state index is 13.2. The van der Waals surface area contributed by atoms with Crippen LogP contribution in [-0.4, -0.2) is 25.2 Å². The molecule has 0 aliphatic heterocycles. The van der Waals surface area contributed by atoms with E-state index in [4.69, 9.17) is 9.47 Å². The lowest BCUT2D eigenvalue weighted by Gasteiger charge is -2.12. The number of methoxy groups -OCH3 is 1. The number of nitrogens with one attached hydrogen (secondary N) is 1. The fourth-order valence-electron chi connectivity index (χ4n) is 4.26. The molecule has 6 heteroatoms. The summed E-state index contributed by atoms with van der Waals surface area (Å²) in [6.07, 6.45) is 1.49. The highest BCUT2D eigenvalue weighted by atomic mass is 16.5. The molecule has 0 spiro atoms. The minimum absolute atomic E-state index is 0.336. The molecule has 0 bridgehead atoms. The lowest BCUT2D eigenvalue weighted by atomic mass is 10.0. The molecule has 0 unspecified atom stereocenters. The van der Waals surface area contributed by atoms with Crippen molar-refractivity contribution in [2.75, 3.05) is 7.11 Å². The smallest absolute Gasteiger partial charge is 0.344 e. The van der Waals surface area contributed by atoms with Crippen LogP contribution < -0.4 is 14.9 Å². The molecule has 0 atom stereocenters. The maximum atomic E-state index is 13.2. The first-order chi connectivity index (χ1) is 18.0. The number of hydrazone groups is 1. The highest BCUT2D eigenvalue weighted by Crippen LogP contribution is 2.28. The van der Waals surface area contributed by atoms with Crippen molar-refractivity contribution in [2.24, 2.45) is 5.10 Å². The Morgan fingerprint density at radius 1 is 0.757 bits per heavy atom. The minimum atomic E-state index is -0.477. The molecule has 1 amide bonds. The molecule has 0 aliphatic rings. The van der Waals surface area contributed by atoms with E-state index in [1.54, 1.807) is 24.3 Å². The van der Waals surface area contributed by atoms with E-state index >= 15 is 0 Å². The molecule has 0 fully saturated rings. The Labute approximate surface area is 214 Å². The van der Waals surface area contributed by atoms with Gasteiger partial charge in [0.25, 0.3) is 5.91 Å². The zero-order chi connectivity index (χ0) is 25.8. The molecule has 5 aromatic carbocycles. The van der Waals surface area contributed by atoms with Gasteiger partial charge in [-0.1, -0.05) is 72.8 Å². The molecule has 0 saturated carbocycles. The lowest BCUT2D eigenvalue weighted by Crippen LogP contribution is -2.18. The molecule has 6 nitrogen and oxygen atoms in total. The summed E-state index contributed by atoms with van der Waals surface area (Å²) in [4.78, 5) is 26.0. The first-order valence-corrected chi connectivity index (χ1v) is 11.7. The summed E-state index contributed by atoms with van der Waals surface area (Å²) < 4.78 is 11.2. The van der Waals surface area contributed by atoms with Crippen LogP contribution in [0.5, 0.6) is 11.5 Å². The Morgan fingerprint density at radius 2 is 1.46 bits per heavy atom. The molecular weight excluding hydrogens is 464 g/mol. The van der Waals surface area contributed by atoms with Crippen LogP contribution in [0.2, 0.25) is 0 Å². The van der Waals surface area contributed by atoms with Crippen molar-refractivity contribution in [2.45, 2.75) is 6.92 Å². The Hall–Kier alpha value is -4.97. The topological polar surface area (TPSA) is 77.0 Å². The number of rotatable bonds is 6. The van der Waals surface area contributed by atoms with E-state index in [9.17, 15) is 9.59 Å². The minimum Gasteiger partial charge on any atom is -0.496 e. The van der Waals surface area contributed by atoms with Gasteiger partial charge in [-0.25, -0.2) is 10.2 Å². The third kappa shape index (κ3) is 4.90. The number of amides is 1. The third-order valence-electron chi connectivity index (χ3n) is 6.10. The van der Waals surface area contributed by atoms with Crippen molar-refractivity contribution in [1.82, 2.24) is 5.43 Å². The summed E-state index contributed by atoms with van der Waals surface area (Å²) in [5, 5.41) is 7.72. The van der Waals surface area contributed by atoms with E-state index in [0.29, 0.717) is 28.2 Å². The van der Waals surface area contributed by atoms with Crippen molar-refractivity contribution in [3.05, 3.63) is 119 Å². The first-order valence-electron chi connectivity index (χ1n) is 11.7. The zero-order valence-electron chi connectivity index (χ0n) is 20.4. The quantitative estimate of drug-likeness (QED) is 0.132. The number of benzene rings is 5. The number of nitrogens with zero attached hydrogens (tertiary/aromatic N) is 1. The SMILES string of the molecule is COc1cc(C)ccc1C(=O)N/N=C\c1c(OC(=O)c2cccc3ccccc23)ccc2ccccc12. The van der Waals surface area contributed by atoms with Gasteiger partial charge in [-0.05, 0) is 58.3 Å². The number of carbonyl (C=O) groups excluding carboxylic acids is 2. The second kappa shape index (κ2) is 10.3. The molecule has 5 rings (SSSR count). The van der Waals surface area contributed by atoms with Gasteiger partial charge in [-0.2, -0.15) is 5.10 Å². The van der Waals surface area contributed by atoms with Gasteiger partial charge >= 0.3 is 5.97 Å². The standard InChI is InChI=1S/C31H24N2O4/c1-20-14-16-26(29(18-20)36-2)30(34)33-32-19-27-24-12-6-4-9-22(24)15-17-28(27)37-31(35)25-13-7-10-21-8-3-5-11-23(21)25/h3-19H,1-2H3,(H,33,34)/b32-19-. The highest BCUT2D eigenvalue weighted by molar-refractivity contribution is 6.08. The normalized spacial score (nSPS) is 11.1. The molecular formula is C31H24N2O4. The number of ether oxygens (including phenoxy) is 2. The van der Waals surface area contributed by atoms with Crippen LogP contribution >= 0.6 is 0 Å². The average Bonchev–Trinajstić information content (AvgIpc) is 2.93. The largest absolute Gasteiger partial charge is 0.496 e. The van der Waals surface area contributed by atoms with Crippen LogP contribution in [0.3, 0.4) is 0 Å². The second-order valence-corrected chi connectivity index (χ2v) is 8.52. The van der Waals surface area contributed by atoms with Crippen LogP contribution in [-0.2, 0) is 0 Å². The molecule has 0 aliphatic carbocycles. The van der Waals surface area contributed by atoms with E-state index in [1.165, 1.54) is 13.3 Å². The maximum Gasteiger partial charge on any atom is 0.344 e. The molecule has 182 valence electrons. The number of hydrogen-bond donors (Lipinski definition) is 1. The number of fused-ring (bicyclic) bond motifs is 2. The summed E-state index contributed by atoms with van der Waals surface area (Å²) in [6, 6.07) is 29.8. The van der Waals surface area contributed by atoms with Gasteiger partial charge in [0.05, 0.1) is 24.5 Å². The lowest BCUT2D eigenvalue weighted by molar-refractivity contribution is 0.0736. The van der Waals surface area contributed by atoms with Crippen LogP contribution in [0.15, 0.2) is 102 Å². The Balaban J connectivity index is 1.47.